The number of aryl methyl sites for hydroxylation is 2. The van der Waals surface area contributed by atoms with Crippen molar-refractivity contribution in [2.45, 2.75) is 104 Å². The van der Waals surface area contributed by atoms with Crippen molar-refractivity contribution < 1.29 is 0 Å². The van der Waals surface area contributed by atoms with Crippen molar-refractivity contribution >= 4 is 5.69 Å². The molecule has 0 bridgehead atoms. The van der Waals surface area contributed by atoms with Crippen LogP contribution in [0.15, 0.2) is 67.1 Å². The Morgan fingerprint density at radius 1 is 0.974 bits per heavy atom. The lowest BCUT2D eigenvalue weighted by Crippen LogP contribution is -2.33. The number of rotatable bonds is 9. The molecule has 2 aliphatic rings. The highest BCUT2D eigenvalue weighted by atomic mass is 15.3. The molecule has 2 aliphatic carbocycles. The molecule has 0 N–H and O–H groups in total. The molecule has 2 saturated carbocycles. The molecule has 0 spiro atoms. The van der Waals surface area contributed by atoms with E-state index in [9.17, 15) is 0 Å². The van der Waals surface area contributed by atoms with Crippen LogP contribution in [0, 0.1) is 18.8 Å². The molecule has 0 unspecified atom stereocenters. The van der Waals surface area contributed by atoms with Gasteiger partial charge in [0.15, 0.2) is 0 Å². The van der Waals surface area contributed by atoms with Gasteiger partial charge in [-0.15, -0.1) is 0 Å². The molecule has 0 saturated heterocycles. The van der Waals surface area contributed by atoms with Crippen molar-refractivity contribution in [3.05, 3.63) is 83.8 Å². The first-order valence-corrected chi connectivity index (χ1v) is 15.6. The van der Waals surface area contributed by atoms with E-state index in [1.807, 2.05) is 6.20 Å². The Morgan fingerprint density at radius 3 is 2.41 bits per heavy atom. The van der Waals surface area contributed by atoms with Crippen molar-refractivity contribution in [3.63, 3.8) is 0 Å². The molecule has 3 heteroatoms. The summed E-state index contributed by atoms with van der Waals surface area (Å²) in [5, 5.41) is 4.60. The highest BCUT2D eigenvalue weighted by molar-refractivity contribution is 5.68. The van der Waals surface area contributed by atoms with Gasteiger partial charge in [-0.3, -0.25) is 4.68 Å². The summed E-state index contributed by atoms with van der Waals surface area (Å²) in [6.45, 7) is 14.7. The normalized spacial score (nSPS) is 20.3. The minimum atomic E-state index is 0.369. The Balaban J connectivity index is 1.33. The van der Waals surface area contributed by atoms with E-state index < -0.39 is 0 Å². The van der Waals surface area contributed by atoms with Gasteiger partial charge in [-0.25, -0.2) is 0 Å². The number of benzene rings is 2. The van der Waals surface area contributed by atoms with E-state index in [2.05, 4.69) is 91.0 Å². The maximum Gasteiger partial charge on any atom is 0.0568 e. The average Bonchev–Trinajstić information content (AvgIpc) is 3.48. The van der Waals surface area contributed by atoms with Gasteiger partial charge < -0.3 is 4.90 Å². The van der Waals surface area contributed by atoms with Gasteiger partial charge in [0, 0.05) is 35.7 Å². The van der Waals surface area contributed by atoms with Crippen molar-refractivity contribution in [3.8, 4) is 11.1 Å². The van der Waals surface area contributed by atoms with Crippen LogP contribution in [0.3, 0.4) is 0 Å². The Kier molecular flexibility index (Phi) is 8.95. The van der Waals surface area contributed by atoms with Crippen LogP contribution in [0.1, 0.15) is 107 Å². The second-order valence-electron chi connectivity index (χ2n) is 12.5. The largest absolute Gasteiger partial charge is 0.345 e. The molecule has 1 aromatic heterocycles. The van der Waals surface area contributed by atoms with Crippen LogP contribution in [0.5, 0.6) is 0 Å². The fourth-order valence-corrected chi connectivity index (χ4v) is 6.97. The number of anilines is 1. The Hall–Kier alpha value is -2.81. The second kappa shape index (κ2) is 12.6. The van der Waals surface area contributed by atoms with Gasteiger partial charge in [-0.05, 0) is 118 Å². The molecule has 3 nitrogen and oxygen atoms in total. The van der Waals surface area contributed by atoms with E-state index in [-0.39, 0.29) is 0 Å². The first-order valence-electron chi connectivity index (χ1n) is 15.6. The van der Waals surface area contributed by atoms with Gasteiger partial charge in [-0.2, -0.15) is 5.10 Å². The van der Waals surface area contributed by atoms with Crippen molar-refractivity contribution in [2.75, 3.05) is 11.4 Å². The Labute approximate surface area is 237 Å². The maximum absolute atomic E-state index is 4.75. The van der Waals surface area contributed by atoms with Gasteiger partial charge in [-0.1, -0.05) is 63.1 Å². The molecule has 2 aromatic carbocycles. The molecular formula is C36H49N3. The smallest absolute Gasteiger partial charge is 0.0568 e. The minimum Gasteiger partial charge on any atom is -0.345 e. The fraction of sp³-hybridized carbons (Fsp3) is 0.528. The summed E-state index contributed by atoms with van der Waals surface area (Å²) in [4.78, 5) is 2.61. The molecule has 1 heterocycles. The molecule has 2 fully saturated rings. The van der Waals surface area contributed by atoms with Gasteiger partial charge in [0.2, 0.25) is 0 Å². The third kappa shape index (κ3) is 6.51. The molecule has 0 amide bonds. The van der Waals surface area contributed by atoms with Gasteiger partial charge in [0.25, 0.3) is 0 Å². The first kappa shape index (κ1) is 27.7. The summed E-state index contributed by atoms with van der Waals surface area (Å²) in [7, 11) is 0. The van der Waals surface area contributed by atoms with E-state index in [1.165, 1.54) is 91.4 Å². The summed E-state index contributed by atoms with van der Waals surface area (Å²) in [5.74, 6) is 2.04. The van der Waals surface area contributed by atoms with Crippen molar-refractivity contribution in [1.82, 2.24) is 9.78 Å². The number of allylic oxidation sites excluding steroid dienone is 1. The molecule has 39 heavy (non-hydrogen) atoms. The minimum absolute atomic E-state index is 0.369. The monoisotopic (exact) mass is 523 g/mol. The van der Waals surface area contributed by atoms with E-state index in [4.69, 9.17) is 6.58 Å². The van der Waals surface area contributed by atoms with Gasteiger partial charge in [0.05, 0.1) is 6.20 Å². The van der Waals surface area contributed by atoms with Crippen LogP contribution in [0.4, 0.5) is 5.69 Å². The van der Waals surface area contributed by atoms with E-state index in [0.717, 1.165) is 13.0 Å². The van der Waals surface area contributed by atoms with E-state index in [1.54, 1.807) is 5.56 Å². The Morgan fingerprint density at radius 2 is 1.74 bits per heavy atom. The maximum atomic E-state index is 4.75. The summed E-state index contributed by atoms with van der Waals surface area (Å²) >= 11 is 0. The molecule has 0 atom stereocenters. The number of hydrogen-bond donors (Lipinski definition) is 0. The highest BCUT2D eigenvalue weighted by Crippen LogP contribution is 2.40. The first-order chi connectivity index (χ1) is 18.9. The lowest BCUT2D eigenvalue weighted by Gasteiger charge is -2.38. The summed E-state index contributed by atoms with van der Waals surface area (Å²) < 4.78 is 2.05. The lowest BCUT2D eigenvalue weighted by molar-refractivity contribution is 0.323. The zero-order chi connectivity index (χ0) is 27.4. The van der Waals surface area contributed by atoms with Crippen LogP contribution in [-0.4, -0.2) is 16.3 Å². The zero-order valence-electron chi connectivity index (χ0n) is 24.8. The van der Waals surface area contributed by atoms with E-state index >= 15 is 0 Å². The SMILES string of the molecule is C=C(C1CCCCC1)N(CC1CCC(c2ccc(CC)c(C)c2)CC1)c1cccc(-c2cnn(C(C)C)c2)c1. The predicted octanol–water partition coefficient (Wildman–Crippen LogP) is 9.88. The summed E-state index contributed by atoms with van der Waals surface area (Å²) in [6.07, 6.45) is 17.1. The number of aromatic nitrogens is 2. The van der Waals surface area contributed by atoms with Gasteiger partial charge >= 0.3 is 0 Å². The molecular weight excluding hydrogens is 474 g/mol. The van der Waals surface area contributed by atoms with Crippen LogP contribution < -0.4 is 4.90 Å². The standard InChI is InChI=1S/C36H49N3/c1-6-30-19-20-34(21-27(30)4)32-17-15-29(16-18-32)24-38(28(5)31-11-8-7-9-12-31)36-14-10-13-33(22-36)35-23-37-39(25-35)26(2)3/h10,13-14,19-23,25-26,29,31-32H,5-9,11-12,15-18,24H2,1-4H3. The highest BCUT2D eigenvalue weighted by Gasteiger charge is 2.28. The quantitative estimate of drug-likeness (QED) is 0.278. The molecule has 0 radical (unpaired) electrons. The molecule has 0 aliphatic heterocycles. The Bertz CT molecular complexity index is 1240. The zero-order valence-corrected chi connectivity index (χ0v) is 24.8. The van der Waals surface area contributed by atoms with Crippen LogP contribution in [0.2, 0.25) is 0 Å². The van der Waals surface area contributed by atoms with Crippen molar-refractivity contribution in [1.29, 1.82) is 0 Å². The summed E-state index contributed by atoms with van der Waals surface area (Å²) in [6, 6.07) is 16.7. The fourth-order valence-electron chi connectivity index (χ4n) is 6.97. The third-order valence-electron chi connectivity index (χ3n) is 9.55. The average molecular weight is 524 g/mol. The second-order valence-corrected chi connectivity index (χ2v) is 12.5. The lowest BCUT2D eigenvalue weighted by atomic mass is 9.77. The number of nitrogens with zero attached hydrogens (tertiary/aromatic N) is 3. The molecule has 5 rings (SSSR count). The molecule has 208 valence electrons. The van der Waals surface area contributed by atoms with Crippen molar-refractivity contribution in [2.24, 2.45) is 11.8 Å². The van der Waals surface area contributed by atoms with E-state index in [0.29, 0.717) is 23.8 Å². The van der Waals surface area contributed by atoms with Crippen LogP contribution >= 0.6 is 0 Å². The molecule has 3 aromatic rings. The predicted molar refractivity (Wildman–Crippen MR) is 166 cm³/mol. The third-order valence-corrected chi connectivity index (χ3v) is 9.55. The number of hydrogen-bond acceptors (Lipinski definition) is 2. The van der Waals surface area contributed by atoms with Crippen LogP contribution in [0.25, 0.3) is 11.1 Å². The van der Waals surface area contributed by atoms with Crippen LogP contribution in [-0.2, 0) is 6.42 Å². The topological polar surface area (TPSA) is 21.1 Å². The summed E-state index contributed by atoms with van der Waals surface area (Å²) in [5.41, 5.74) is 9.59. The van der Waals surface area contributed by atoms with Gasteiger partial charge in [0.1, 0.15) is 0 Å².